The van der Waals surface area contributed by atoms with E-state index in [2.05, 4.69) is 32.6 Å². The zero-order chi connectivity index (χ0) is 14.8. The molecular weight excluding hydrogens is 240 g/mol. The molecule has 0 aliphatic rings. The van der Waals surface area contributed by atoms with E-state index in [0.717, 1.165) is 5.69 Å². The smallest absolute Gasteiger partial charge is 0.337 e. The highest BCUT2D eigenvalue weighted by molar-refractivity contribution is 5.92. The van der Waals surface area contributed by atoms with Gasteiger partial charge in [-0.1, -0.05) is 20.8 Å². The monoisotopic (exact) mass is 264 g/mol. The van der Waals surface area contributed by atoms with Crippen molar-refractivity contribution < 1.29 is 9.53 Å². The molecule has 2 N–H and O–H groups in total. The van der Waals surface area contributed by atoms with Gasteiger partial charge in [0, 0.05) is 13.1 Å². The summed E-state index contributed by atoms with van der Waals surface area (Å²) >= 11 is 0. The van der Waals surface area contributed by atoms with Crippen LogP contribution in [0.2, 0.25) is 0 Å². The van der Waals surface area contributed by atoms with Crippen molar-refractivity contribution in [3.63, 3.8) is 0 Å². The van der Waals surface area contributed by atoms with E-state index in [1.54, 1.807) is 18.2 Å². The van der Waals surface area contributed by atoms with E-state index < -0.39 is 0 Å². The maximum Gasteiger partial charge on any atom is 0.337 e. The van der Waals surface area contributed by atoms with E-state index in [-0.39, 0.29) is 17.4 Å². The molecule has 0 saturated carbocycles. The Morgan fingerprint density at radius 1 is 1.37 bits per heavy atom. The number of carbonyl (C=O) groups is 1. The van der Waals surface area contributed by atoms with Crippen molar-refractivity contribution in [3.8, 4) is 0 Å². The van der Waals surface area contributed by atoms with Crippen LogP contribution in [-0.4, -0.2) is 26.2 Å². The minimum Gasteiger partial charge on any atom is -0.465 e. The van der Waals surface area contributed by atoms with Crippen LogP contribution >= 0.6 is 0 Å². The number of nitrogens with zero attached hydrogens (tertiary/aromatic N) is 1. The summed E-state index contributed by atoms with van der Waals surface area (Å²) in [6.07, 6.45) is 0. The minimum absolute atomic E-state index is 0.114. The third-order valence-corrected chi connectivity index (χ3v) is 3.67. The summed E-state index contributed by atoms with van der Waals surface area (Å²) < 4.78 is 4.74. The highest BCUT2D eigenvalue weighted by atomic mass is 16.5. The van der Waals surface area contributed by atoms with E-state index in [9.17, 15) is 4.79 Å². The number of hydrogen-bond donors (Lipinski definition) is 1. The first-order valence-corrected chi connectivity index (χ1v) is 6.39. The van der Waals surface area contributed by atoms with Crippen molar-refractivity contribution in [1.29, 1.82) is 0 Å². The summed E-state index contributed by atoms with van der Waals surface area (Å²) in [5.74, 6) is -0.349. The predicted octanol–water partition coefficient (Wildman–Crippen LogP) is 2.93. The van der Waals surface area contributed by atoms with E-state index >= 15 is 0 Å². The molecule has 4 nitrogen and oxygen atoms in total. The molecular formula is C15H24N2O2. The quantitative estimate of drug-likeness (QED) is 0.673. The van der Waals surface area contributed by atoms with Crippen LogP contribution in [-0.2, 0) is 4.74 Å². The lowest BCUT2D eigenvalue weighted by Crippen LogP contribution is -2.39. The van der Waals surface area contributed by atoms with Gasteiger partial charge in [0.1, 0.15) is 0 Å². The summed E-state index contributed by atoms with van der Waals surface area (Å²) in [4.78, 5) is 13.7. The average Bonchev–Trinajstić information content (AvgIpc) is 2.35. The standard InChI is InChI=1S/C15H24N2O2/c1-10(15(2,3)4)17(5)13-9-11(14(18)19-6)7-8-12(13)16/h7-10H,16H2,1-6H3. The molecule has 1 aromatic carbocycles. The Hall–Kier alpha value is -1.71. The second-order valence-electron chi connectivity index (χ2n) is 5.92. The Morgan fingerprint density at radius 3 is 2.42 bits per heavy atom. The van der Waals surface area contributed by atoms with Crippen LogP contribution in [0, 0.1) is 5.41 Å². The lowest BCUT2D eigenvalue weighted by molar-refractivity contribution is 0.0601. The molecule has 1 rings (SSSR count). The SMILES string of the molecule is COC(=O)c1ccc(N)c(N(C)C(C)C(C)(C)C)c1. The highest BCUT2D eigenvalue weighted by Gasteiger charge is 2.25. The van der Waals surface area contributed by atoms with Gasteiger partial charge in [-0.2, -0.15) is 0 Å². The Labute approximate surface area is 115 Å². The summed E-state index contributed by atoms with van der Waals surface area (Å²) in [7, 11) is 3.36. The third-order valence-electron chi connectivity index (χ3n) is 3.67. The fraction of sp³-hybridized carbons (Fsp3) is 0.533. The molecule has 1 aromatic rings. The number of nitrogen functional groups attached to an aromatic ring is 1. The van der Waals surface area contributed by atoms with Crippen LogP contribution in [0.3, 0.4) is 0 Å². The number of carbonyl (C=O) groups excluding carboxylic acids is 1. The molecule has 0 amide bonds. The number of ether oxygens (including phenoxy) is 1. The van der Waals surface area contributed by atoms with Crippen molar-refractivity contribution >= 4 is 17.3 Å². The molecule has 0 aliphatic heterocycles. The lowest BCUT2D eigenvalue weighted by atomic mass is 9.87. The molecule has 0 spiro atoms. The summed E-state index contributed by atoms with van der Waals surface area (Å²) in [6.45, 7) is 8.67. The van der Waals surface area contributed by atoms with Gasteiger partial charge in [-0.15, -0.1) is 0 Å². The number of benzene rings is 1. The third kappa shape index (κ3) is 3.40. The average molecular weight is 264 g/mol. The largest absolute Gasteiger partial charge is 0.465 e. The van der Waals surface area contributed by atoms with Crippen LogP contribution in [0.15, 0.2) is 18.2 Å². The number of esters is 1. The van der Waals surface area contributed by atoms with E-state index in [1.807, 2.05) is 7.05 Å². The molecule has 1 atom stereocenters. The highest BCUT2D eigenvalue weighted by Crippen LogP contribution is 2.31. The Balaban J connectivity index is 3.15. The molecule has 1 unspecified atom stereocenters. The Morgan fingerprint density at radius 2 is 1.95 bits per heavy atom. The second kappa shape index (κ2) is 5.51. The van der Waals surface area contributed by atoms with Crippen molar-refractivity contribution in [2.75, 3.05) is 24.8 Å². The maximum atomic E-state index is 11.6. The van der Waals surface area contributed by atoms with Crippen molar-refractivity contribution in [1.82, 2.24) is 0 Å². The van der Waals surface area contributed by atoms with Gasteiger partial charge in [-0.3, -0.25) is 0 Å². The number of hydrogen-bond acceptors (Lipinski definition) is 4. The summed E-state index contributed by atoms with van der Waals surface area (Å²) in [5.41, 5.74) is 8.16. The van der Waals surface area contributed by atoms with Gasteiger partial charge < -0.3 is 15.4 Å². The van der Waals surface area contributed by atoms with Gasteiger partial charge in [0.15, 0.2) is 0 Å². The summed E-state index contributed by atoms with van der Waals surface area (Å²) in [6, 6.07) is 5.49. The number of nitrogens with two attached hydrogens (primary N) is 1. The molecule has 0 saturated heterocycles. The predicted molar refractivity (Wildman–Crippen MR) is 79.5 cm³/mol. The fourth-order valence-corrected chi connectivity index (χ4v) is 1.88. The zero-order valence-electron chi connectivity index (χ0n) is 12.7. The van der Waals surface area contributed by atoms with Gasteiger partial charge in [-0.25, -0.2) is 4.79 Å². The fourth-order valence-electron chi connectivity index (χ4n) is 1.88. The van der Waals surface area contributed by atoms with Gasteiger partial charge in [0.25, 0.3) is 0 Å². The first-order chi connectivity index (χ1) is 8.68. The molecule has 0 bridgehead atoms. The molecule has 4 heteroatoms. The van der Waals surface area contributed by atoms with Crippen molar-refractivity contribution in [2.24, 2.45) is 5.41 Å². The Bertz CT molecular complexity index is 464. The molecule has 0 fully saturated rings. The topological polar surface area (TPSA) is 55.6 Å². The first-order valence-electron chi connectivity index (χ1n) is 6.39. The number of anilines is 2. The molecule has 19 heavy (non-hydrogen) atoms. The molecule has 0 radical (unpaired) electrons. The van der Waals surface area contributed by atoms with E-state index in [4.69, 9.17) is 10.5 Å². The number of rotatable bonds is 3. The normalized spacial score (nSPS) is 12.9. The van der Waals surface area contributed by atoms with E-state index in [0.29, 0.717) is 11.3 Å². The van der Waals surface area contributed by atoms with Crippen molar-refractivity contribution in [3.05, 3.63) is 23.8 Å². The maximum absolute atomic E-state index is 11.6. The van der Waals surface area contributed by atoms with Gasteiger partial charge in [0.05, 0.1) is 24.0 Å². The van der Waals surface area contributed by atoms with Crippen LogP contribution < -0.4 is 10.6 Å². The number of methoxy groups -OCH3 is 1. The van der Waals surface area contributed by atoms with Crippen LogP contribution in [0.4, 0.5) is 11.4 Å². The second-order valence-corrected chi connectivity index (χ2v) is 5.92. The van der Waals surface area contributed by atoms with Gasteiger partial charge in [0.2, 0.25) is 0 Å². The van der Waals surface area contributed by atoms with Gasteiger partial charge >= 0.3 is 5.97 Å². The molecule has 106 valence electrons. The van der Waals surface area contributed by atoms with E-state index in [1.165, 1.54) is 7.11 Å². The molecule has 0 aliphatic carbocycles. The van der Waals surface area contributed by atoms with Crippen LogP contribution in [0.1, 0.15) is 38.1 Å². The minimum atomic E-state index is -0.349. The Kier molecular flexibility index (Phi) is 4.45. The first kappa shape index (κ1) is 15.3. The lowest BCUT2D eigenvalue weighted by Gasteiger charge is -2.37. The van der Waals surface area contributed by atoms with Crippen LogP contribution in [0.5, 0.6) is 0 Å². The van der Waals surface area contributed by atoms with Crippen LogP contribution in [0.25, 0.3) is 0 Å². The molecule has 0 aromatic heterocycles. The van der Waals surface area contributed by atoms with Crippen molar-refractivity contribution in [2.45, 2.75) is 33.7 Å². The zero-order valence-corrected chi connectivity index (χ0v) is 12.7. The molecule has 0 heterocycles. The summed E-state index contributed by atoms with van der Waals surface area (Å²) in [5, 5.41) is 0. The van der Waals surface area contributed by atoms with Gasteiger partial charge in [-0.05, 0) is 30.5 Å².